The Bertz CT molecular complexity index is 1240. The van der Waals surface area contributed by atoms with Gasteiger partial charge in [0.1, 0.15) is 11.3 Å². The van der Waals surface area contributed by atoms with Crippen LogP contribution in [-0.4, -0.2) is 25.4 Å². The third-order valence-electron chi connectivity index (χ3n) is 4.17. The van der Waals surface area contributed by atoms with E-state index in [1.807, 2.05) is 19.1 Å². The van der Waals surface area contributed by atoms with Crippen molar-refractivity contribution in [3.05, 3.63) is 76.1 Å². The summed E-state index contributed by atoms with van der Waals surface area (Å²) < 4.78 is 15.3. The van der Waals surface area contributed by atoms with Crippen molar-refractivity contribution in [1.29, 1.82) is 0 Å². The predicted octanol–water partition coefficient (Wildman–Crippen LogP) is 2.32. The van der Waals surface area contributed by atoms with Crippen molar-refractivity contribution in [1.82, 2.24) is 19.5 Å². The quantitative estimate of drug-likeness (QED) is 0.582. The van der Waals surface area contributed by atoms with Crippen LogP contribution in [0.15, 0.2) is 53.3 Å². The number of aryl methyl sites for hydroxylation is 1. The minimum Gasteiger partial charge on any atom is -0.364 e. The van der Waals surface area contributed by atoms with Crippen LogP contribution in [0.25, 0.3) is 28.2 Å². The number of nitrogens with zero attached hydrogens (tertiary/aromatic N) is 3. The maximum Gasteiger partial charge on any atom is 0.332 e. The topological polar surface area (TPSA) is 107 Å². The monoisotopic (exact) mass is 363 g/mol. The summed E-state index contributed by atoms with van der Waals surface area (Å²) >= 11 is 0. The first kappa shape index (κ1) is 16.6. The van der Waals surface area contributed by atoms with Gasteiger partial charge in [-0.2, -0.15) is 0 Å². The van der Waals surface area contributed by atoms with Gasteiger partial charge in [-0.15, -0.1) is 0 Å². The number of imidazole rings is 1. The maximum absolute atomic E-state index is 14.3. The summed E-state index contributed by atoms with van der Waals surface area (Å²) in [5.41, 5.74) is 6.49. The number of hydrogen-bond donors (Lipinski definition) is 2. The number of amides is 1. The molecule has 0 fully saturated rings. The molecule has 1 amide bonds. The van der Waals surface area contributed by atoms with Crippen LogP contribution in [0, 0.1) is 12.7 Å². The largest absolute Gasteiger partial charge is 0.364 e. The summed E-state index contributed by atoms with van der Waals surface area (Å²) in [5, 5.41) is 0. The van der Waals surface area contributed by atoms with Crippen LogP contribution in [0.5, 0.6) is 0 Å². The highest BCUT2D eigenvalue weighted by atomic mass is 19.1. The van der Waals surface area contributed by atoms with Crippen LogP contribution in [0.4, 0.5) is 4.39 Å². The van der Waals surface area contributed by atoms with Crippen molar-refractivity contribution >= 4 is 17.1 Å². The van der Waals surface area contributed by atoms with E-state index in [-0.39, 0.29) is 28.4 Å². The zero-order valence-corrected chi connectivity index (χ0v) is 14.2. The minimum atomic E-state index is -0.822. The number of aromatic nitrogens is 4. The molecule has 0 saturated heterocycles. The Morgan fingerprint density at radius 2 is 1.81 bits per heavy atom. The second-order valence-corrected chi connectivity index (χ2v) is 6.04. The number of rotatable bonds is 3. The zero-order chi connectivity index (χ0) is 19.1. The van der Waals surface area contributed by atoms with Crippen molar-refractivity contribution < 1.29 is 9.18 Å². The van der Waals surface area contributed by atoms with E-state index in [2.05, 4.69) is 15.0 Å². The Balaban J connectivity index is 2.08. The molecule has 0 saturated carbocycles. The second kappa shape index (κ2) is 6.17. The molecular formula is C19H14FN5O2. The molecule has 27 heavy (non-hydrogen) atoms. The average Bonchev–Trinajstić information content (AvgIpc) is 2.97. The lowest BCUT2D eigenvalue weighted by Crippen LogP contribution is -2.16. The number of halogens is 1. The number of H-pyrrole nitrogens is 1. The number of aromatic amines is 1. The van der Waals surface area contributed by atoms with Crippen molar-refractivity contribution in [2.75, 3.05) is 0 Å². The van der Waals surface area contributed by atoms with Gasteiger partial charge < -0.3 is 10.7 Å². The fourth-order valence-corrected chi connectivity index (χ4v) is 2.85. The molecule has 7 nitrogen and oxygen atoms in total. The molecule has 2 aromatic heterocycles. The Morgan fingerprint density at radius 3 is 2.48 bits per heavy atom. The van der Waals surface area contributed by atoms with Gasteiger partial charge in [-0.25, -0.2) is 23.7 Å². The molecule has 3 N–H and O–H groups in total. The molecule has 8 heteroatoms. The highest BCUT2D eigenvalue weighted by Gasteiger charge is 2.21. The lowest BCUT2D eigenvalue weighted by atomic mass is 10.1. The number of fused-ring (bicyclic) bond motifs is 1. The van der Waals surface area contributed by atoms with Crippen LogP contribution < -0.4 is 11.4 Å². The summed E-state index contributed by atoms with van der Waals surface area (Å²) in [5.74, 6) is -1.21. The van der Waals surface area contributed by atoms with Gasteiger partial charge in [0.15, 0.2) is 17.2 Å². The van der Waals surface area contributed by atoms with E-state index in [1.54, 1.807) is 18.2 Å². The third kappa shape index (κ3) is 2.77. The van der Waals surface area contributed by atoms with Gasteiger partial charge in [0.2, 0.25) is 0 Å². The number of nitrogens with one attached hydrogen (secondary N) is 1. The number of carbonyl (C=O) groups excluding carboxylic acids is 1. The maximum atomic E-state index is 14.3. The zero-order valence-electron chi connectivity index (χ0n) is 14.2. The standard InChI is InChI=1S/C19H14FN5O2/c1-10-6-8-11(9-7-10)17-22-14(16(21)26)15-18(24-17)25(19(27)23-15)13-5-3-2-4-12(13)20/h2-9H,1H3,(H2,21,26)(H,23,27). The van der Waals surface area contributed by atoms with Gasteiger partial charge in [0.05, 0.1) is 5.69 Å². The van der Waals surface area contributed by atoms with E-state index in [0.717, 1.165) is 10.1 Å². The summed E-state index contributed by atoms with van der Waals surface area (Å²) in [6.45, 7) is 1.94. The number of primary amides is 1. The lowest BCUT2D eigenvalue weighted by molar-refractivity contribution is 0.0997. The SMILES string of the molecule is Cc1ccc(-c2nc(C(N)=O)c3[nH]c(=O)n(-c4ccccc4F)c3n2)cc1. The molecule has 0 spiro atoms. The molecule has 0 radical (unpaired) electrons. The van der Waals surface area contributed by atoms with Gasteiger partial charge in [0.25, 0.3) is 5.91 Å². The second-order valence-electron chi connectivity index (χ2n) is 6.04. The third-order valence-corrected chi connectivity index (χ3v) is 4.17. The molecule has 134 valence electrons. The minimum absolute atomic E-state index is 0.0118. The van der Waals surface area contributed by atoms with Crippen molar-refractivity contribution in [3.63, 3.8) is 0 Å². The van der Waals surface area contributed by atoms with Crippen molar-refractivity contribution in [3.8, 4) is 17.1 Å². The van der Waals surface area contributed by atoms with Crippen LogP contribution in [0.1, 0.15) is 16.1 Å². The predicted molar refractivity (Wildman–Crippen MR) is 98.1 cm³/mol. The van der Waals surface area contributed by atoms with E-state index in [0.29, 0.717) is 5.56 Å². The molecule has 2 heterocycles. The van der Waals surface area contributed by atoms with E-state index in [1.165, 1.54) is 18.2 Å². The first-order chi connectivity index (χ1) is 13.0. The van der Waals surface area contributed by atoms with E-state index < -0.39 is 17.4 Å². The Labute approximate surface area is 152 Å². The molecule has 0 aliphatic rings. The molecule has 0 aliphatic heterocycles. The fourth-order valence-electron chi connectivity index (χ4n) is 2.85. The van der Waals surface area contributed by atoms with Gasteiger partial charge in [-0.05, 0) is 19.1 Å². The van der Waals surface area contributed by atoms with Crippen LogP contribution in [0.2, 0.25) is 0 Å². The lowest BCUT2D eigenvalue weighted by Gasteiger charge is -2.07. The summed E-state index contributed by atoms with van der Waals surface area (Å²) in [4.78, 5) is 35.5. The van der Waals surface area contributed by atoms with E-state index in [4.69, 9.17) is 5.73 Å². The number of hydrogen-bond acceptors (Lipinski definition) is 4. The molecular weight excluding hydrogens is 349 g/mol. The molecule has 0 unspecified atom stereocenters. The van der Waals surface area contributed by atoms with Crippen molar-refractivity contribution in [2.45, 2.75) is 6.92 Å². The average molecular weight is 363 g/mol. The van der Waals surface area contributed by atoms with E-state index >= 15 is 0 Å². The molecule has 2 aromatic carbocycles. The van der Waals surface area contributed by atoms with Gasteiger partial charge in [-0.1, -0.05) is 42.0 Å². The molecule has 0 atom stereocenters. The van der Waals surface area contributed by atoms with Crippen LogP contribution in [0.3, 0.4) is 0 Å². The van der Waals surface area contributed by atoms with Gasteiger partial charge in [0, 0.05) is 5.56 Å². The smallest absolute Gasteiger partial charge is 0.332 e. The summed E-state index contributed by atoms with van der Waals surface area (Å²) in [6, 6.07) is 13.1. The summed E-state index contributed by atoms with van der Waals surface area (Å²) in [7, 11) is 0. The fraction of sp³-hybridized carbons (Fsp3) is 0.0526. The van der Waals surface area contributed by atoms with Crippen LogP contribution in [-0.2, 0) is 0 Å². The highest BCUT2D eigenvalue weighted by Crippen LogP contribution is 2.23. The van der Waals surface area contributed by atoms with E-state index in [9.17, 15) is 14.0 Å². The number of benzene rings is 2. The highest BCUT2D eigenvalue weighted by molar-refractivity contribution is 6.02. The first-order valence-corrected chi connectivity index (χ1v) is 8.10. The molecule has 4 rings (SSSR count). The number of carbonyl (C=O) groups is 1. The Hall–Kier alpha value is -3.81. The Kier molecular flexibility index (Phi) is 3.80. The molecule has 0 aliphatic carbocycles. The summed E-state index contributed by atoms with van der Waals surface area (Å²) in [6.07, 6.45) is 0. The molecule has 4 aromatic rings. The normalized spacial score (nSPS) is 11.0. The Morgan fingerprint density at radius 1 is 1.11 bits per heavy atom. The van der Waals surface area contributed by atoms with Crippen LogP contribution >= 0.6 is 0 Å². The van der Waals surface area contributed by atoms with Gasteiger partial charge in [-0.3, -0.25) is 4.79 Å². The van der Waals surface area contributed by atoms with Gasteiger partial charge >= 0.3 is 5.69 Å². The first-order valence-electron chi connectivity index (χ1n) is 8.10. The van der Waals surface area contributed by atoms with Crippen molar-refractivity contribution in [2.24, 2.45) is 5.73 Å². The number of para-hydroxylation sites is 1. The molecule has 0 bridgehead atoms. The number of nitrogens with two attached hydrogens (primary N) is 1.